The quantitative estimate of drug-likeness (QED) is 0.763. The van der Waals surface area contributed by atoms with Crippen LogP contribution in [0.1, 0.15) is 32.8 Å². The Morgan fingerprint density at radius 2 is 2.05 bits per heavy atom. The molecule has 20 heavy (non-hydrogen) atoms. The van der Waals surface area contributed by atoms with Gasteiger partial charge in [0.25, 0.3) is 0 Å². The molecular formula is C17H27NO2. The molecular weight excluding hydrogens is 250 g/mol. The second-order valence-corrected chi connectivity index (χ2v) is 6.42. The molecule has 1 atom stereocenters. The van der Waals surface area contributed by atoms with Crippen LogP contribution < -0.4 is 4.74 Å². The van der Waals surface area contributed by atoms with Crippen LogP contribution in [0.2, 0.25) is 0 Å². The van der Waals surface area contributed by atoms with E-state index in [0.717, 1.165) is 38.5 Å². The van der Waals surface area contributed by atoms with Gasteiger partial charge in [0.1, 0.15) is 5.75 Å². The maximum Gasteiger partial charge on any atom is 0.124 e. The molecule has 0 N–H and O–H groups in total. The van der Waals surface area contributed by atoms with Crippen molar-refractivity contribution in [2.75, 3.05) is 26.8 Å². The summed E-state index contributed by atoms with van der Waals surface area (Å²) in [5, 5.41) is 0. The van der Waals surface area contributed by atoms with Gasteiger partial charge in [-0.2, -0.15) is 0 Å². The summed E-state index contributed by atoms with van der Waals surface area (Å²) in [5.41, 5.74) is 1.58. The topological polar surface area (TPSA) is 21.7 Å². The van der Waals surface area contributed by atoms with E-state index in [9.17, 15) is 0 Å². The van der Waals surface area contributed by atoms with E-state index >= 15 is 0 Å². The Morgan fingerprint density at radius 1 is 1.35 bits per heavy atom. The highest BCUT2D eigenvalue weighted by atomic mass is 16.5. The molecule has 0 radical (unpaired) electrons. The standard InChI is InChI=1S/C17H27NO2/c1-5-14(2)20-16-9-7-6-8-15(16)10-18(4)11-17(3)12-19-13-17/h6-9,14H,5,10-13H2,1-4H3. The van der Waals surface area contributed by atoms with Gasteiger partial charge < -0.3 is 14.4 Å². The van der Waals surface area contributed by atoms with Crippen molar-refractivity contribution >= 4 is 0 Å². The minimum Gasteiger partial charge on any atom is -0.490 e. The van der Waals surface area contributed by atoms with Crippen molar-refractivity contribution in [3.8, 4) is 5.75 Å². The second kappa shape index (κ2) is 6.59. The molecule has 2 rings (SSSR count). The average Bonchev–Trinajstić information content (AvgIpc) is 2.39. The predicted molar refractivity (Wildman–Crippen MR) is 82.1 cm³/mol. The van der Waals surface area contributed by atoms with Gasteiger partial charge in [0.2, 0.25) is 0 Å². The summed E-state index contributed by atoms with van der Waals surface area (Å²) in [5.74, 6) is 1.02. The second-order valence-electron chi connectivity index (χ2n) is 6.42. The first kappa shape index (κ1) is 15.3. The van der Waals surface area contributed by atoms with E-state index in [-0.39, 0.29) is 6.10 Å². The molecule has 0 amide bonds. The third-order valence-electron chi connectivity index (χ3n) is 3.87. The molecule has 1 saturated heterocycles. The van der Waals surface area contributed by atoms with Gasteiger partial charge in [-0.3, -0.25) is 0 Å². The highest BCUT2D eigenvalue weighted by Crippen LogP contribution is 2.28. The normalized spacial score (nSPS) is 18.6. The van der Waals surface area contributed by atoms with E-state index in [1.54, 1.807) is 0 Å². The molecule has 3 heteroatoms. The summed E-state index contributed by atoms with van der Waals surface area (Å²) < 4.78 is 11.3. The molecule has 1 aliphatic heterocycles. The van der Waals surface area contributed by atoms with Crippen molar-refractivity contribution < 1.29 is 9.47 Å². The molecule has 1 fully saturated rings. The molecule has 112 valence electrons. The Hall–Kier alpha value is -1.06. The lowest BCUT2D eigenvalue weighted by molar-refractivity contribution is -0.113. The van der Waals surface area contributed by atoms with Crippen LogP contribution in [-0.2, 0) is 11.3 Å². The van der Waals surface area contributed by atoms with Crippen LogP contribution in [0.4, 0.5) is 0 Å². The molecule has 3 nitrogen and oxygen atoms in total. The molecule has 0 aromatic heterocycles. The number of ether oxygens (including phenoxy) is 2. The summed E-state index contributed by atoms with van der Waals surface area (Å²) >= 11 is 0. The number of para-hydroxylation sites is 1. The highest BCUT2D eigenvalue weighted by molar-refractivity contribution is 5.33. The summed E-state index contributed by atoms with van der Waals surface area (Å²) in [6.45, 7) is 10.3. The van der Waals surface area contributed by atoms with Crippen LogP contribution in [0, 0.1) is 5.41 Å². The van der Waals surface area contributed by atoms with Crippen molar-refractivity contribution in [3.05, 3.63) is 29.8 Å². The van der Waals surface area contributed by atoms with E-state index in [1.165, 1.54) is 5.56 Å². The predicted octanol–water partition coefficient (Wildman–Crippen LogP) is 3.33. The maximum atomic E-state index is 6.01. The number of benzene rings is 1. The number of hydrogen-bond donors (Lipinski definition) is 0. The van der Waals surface area contributed by atoms with Crippen LogP contribution in [0.25, 0.3) is 0 Å². The molecule has 0 bridgehead atoms. The zero-order valence-corrected chi connectivity index (χ0v) is 13.2. The van der Waals surface area contributed by atoms with Crippen LogP contribution in [0.5, 0.6) is 5.75 Å². The minimum atomic E-state index is 0.263. The third kappa shape index (κ3) is 3.97. The van der Waals surface area contributed by atoms with Gasteiger partial charge in [-0.05, 0) is 26.5 Å². The molecule has 1 aromatic carbocycles. The first-order valence-electron chi connectivity index (χ1n) is 7.53. The maximum absolute atomic E-state index is 6.01. The lowest BCUT2D eigenvalue weighted by Gasteiger charge is -2.41. The largest absolute Gasteiger partial charge is 0.490 e. The van der Waals surface area contributed by atoms with E-state index in [0.29, 0.717) is 5.41 Å². The lowest BCUT2D eigenvalue weighted by Crippen LogP contribution is -2.47. The molecule has 0 spiro atoms. The van der Waals surface area contributed by atoms with Crippen LogP contribution in [0.15, 0.2) is 24.3 Å². The van der Waals surface area contributed by atoms with Crippen molar-refractivity contribution in [1.29, 1.82) is 0 Å². The van der Waals surface area contributed by atoms with Crippen molar-refractivity contribution in [1.82, 2.24) is 4.90 Å². The van der Waals surface area contributed by atoms with Gasteiger partial charge in [-0.1, -0.05) is 32.0 Å². The fourth-order valence-electron chi connectivity index (χ4n) is 2.59. The van der Waals surface area contributed by atoms with Crippen molar-refractivity contribution in [3.63, 3.8) is 0 Å². The summed E-state index contributed by atoms with van der Waals surface area (Å²) in [7, 11) is 2.17. The van der Waals surface area contributed by atoms with Crippen LogP contribution in [-0.4, -0.2) is 37.8 Å². The van der Waals surface area contributed by atoms with Crippen molar-refractivity contribution in [2.45, 2.75) is 39.8 Å². The lowest BCUT2D eigenvalue weighted by atomic mass is 9.88. The molecule has 0 saturated carbocycles. The number of rotatable bonds is 7. The Bertz CT molecular complexity index is 429. The fraction of sp³-hybridized carbons (Fsp3) is 0.647. The average molecular weight is 277 g/mol. The van der Waals surface area contributed by atoms with Gasteiger partial charge in [-0.25, -0.2) is 0 Å². The number of hydrogen-bond acceptors (Lipinski definition) is 3. The molecule has 1 aliphatic rings. The SMILES string of the molecule is CCC(C)Oc1ccccc1CN(C)CC1(C)COC1. The summed E-state index contributed by atoms with van der Waals surface area (Å²) in [6.07, 6.45) is 1.29. The van der Waals surface area contributed by atoms with E-state index in [2.05, 4.69) is 50.9 Å². The van der Waals surface area contributed by atoms with E-state index in [1.807, 2.05) is 6.07 Å². The zero-order chi connectivity index (χ0) is 14.6. The number of nitrogens with zero attached hydrogens (tertiary/aromatic N) is 1. The van der Waals surface area contributed by atoms with E-state index < -0.39 is 0 Å². The molecule has 1 unspecified atom stereocenters. The Labute approximate surface area is 122 Å². The van der Waals surface area contributed by atoms with Gasteiger partial charge >= 0.3 is 0 Å². The Balaban J connectivity index is 1.97. The summed E-state index contributed by atoms with van der Waals surface area (Å²) in [4.78, 5) is 2.36. The first-order valence-corrected chi connectivity index (χ1v) is 7.53. The first-order chi connectivity index (χ1) is 9.52. The highest BCUT2D eigenvalue weighted by Gasteiger charge is 2.34. The minimum absolute atomic E-state index is 0.263. The van der Waals surface area contributed by atoms with Gasteiger partial charge in [0.15, 0.2) is 0 Å². The smallest absolute Gasteiger partial charge is 0.124 e. The molecule has 1 aromatic rings. The van der Waals surface area contributed by atoms with E-state index in [4.69, 9.17) is 9.47 Å². The van der Waals surface area contributed by atoms with Gasteiger partial charge in [0, 0.05) is 24.1 Å². The van der Waals surface area contributed by atoms with Crippen LogP contribution in [0.3, 0.4) is 0 Å². The Kier molecular flexibility index (Phi) is 5.06. The van der Waals surface area contributed by atoms with Crippen molar-refractivity contribution in [2.24, 2.45) is 5.41 Å². The van der Waals surface area contributed by atoms with Gasteiger partial charge in [0.05, 0.1) is 19.3 Å². The fourth-order valence-corrected chi connectivity index (χ4v) is 2.59. The Morgan fingerprint density at radius 3 is 2.65 bits per heavy atom. The molecule has 0 aliphatic carbocycles. The monoisotopic (exact) mass is 277 g/mol. The zero-order valence-electron chi connectivity index (χ0n) is 13.2. The third-order valence-corrected chi connectivity index (χ3v) is 3.87. The van der Waals surface area contributed by atoms with Gasteiger partial charge in [-0.15, -0.1) is 0 Å². The molecule has 1 heterocycles. The van der Waals surface area contributed by atoms with Crippen LogP contribution >= 0.6 is 0 Å². The summed E-state index contributed by atoms with van der Waals surface area (Å²) in [6, 6.07) is 8.36.